The lowest BCUT2D eigenvalue weighted by atomic mass is 10.1. The van der Waals surface area contributed by atoms with Crippen LogP contribution in [0.2, 0.25) is 5.02 Å². The molecule has 1 aromatic heterocycles. The summed E-state index contributed by atoms with van der Waals surface area (Å²) in [4.78, 5) is 3.99. The number of rotatable bonds is 1. The maximum absolute atomic E-state index is 13.8. The topological polar surface area (TPSA) is 12.9 Å². The lowest BCUT2D eigenvalue weighted by molar-refractivity contribution is 0.504. The Labute approximate surface area is 117 Å². The molecule has 0 saturated heterocycles. The van der Waals surface area contributed by atoms with E-state index in [9.17, 15) is 13.2 Å². The molecule has 1 heterocycles. The number of hydrogen-bond acceptors (Lipinski definition) is 1. The first-order valence-electron chi connectivity index (χ1n) is 5.77. The second-order valence-electron chi connectivity index (χ2n) is 4.23. The van der Waals surface area contributed by atoms with Gasteiger partial charge in [0, 0.05) is 11.6 Å². The molecule has 0 N–H and O–H groups in total. The standard InChI is InChI=1S/C15H7ClF3N/c16-9-6-12(8-4-2-1-3-5-8)20-15-13(9)10(17)7-11(18)14(15)19/h1-7H. The molecular weight excluding hydrogens is 287 g/mol. The highest BCUT2D eigenvalue weighted by Gasteiger charge is 2.17. The minimum atomic E-state index is -1.29. The van der Waals surface area contributed by atoms with Gasteiger partial charge in [-0.05, 0) is 6.07 Å². The monoisotopic (exact) mass is 293 g/mol. The lowest BCUT2D eigenvalue weighted by Gasteiger charge is -2.07. The van der Waals surface area contributed by atoms with E-state index in [-0.39, 0.29) is 10.4 Å². The maximum atomic E-state index is 13.8. The summed E-state index contributed by atoms with van der Waals surface area (Å²) in [5.41, 5.74) is 0.626. The Hall–Kier alpha value is -2.07. The van der Waals surface area contributed by atoms with E-state index >= 15 is 0 Å². The molecule has 0 radical (unpaired) electrons. The van der Waals surface area contributed by atoms with Gasteiger partial charge in [-0.15, -0.1) is 0 Å². The van der Waals surface area contributed by atoms with E-state index in [4.69, 9.17) is 11.6 Å². The van der Waals surface area contributed by atoms with Gasteiger partial charge < -0.3 is 0 Å². The van der Waals surface area contributed by atoms with Crippen LogP contribution in [0.1, 0.15) is 0 Å². The number of pyridine rings is 1. The Morgan fingerprint density at radius 1 is 0.900 bits per heavy atom. The number of hydrogen-bond donors (Lipinski definition) is 0. The van der Waals surface area contributed by atoms with E-state index in [1.54, 1.807) is 24.3 Å². The summed E-state index contributed by atoms with van der Waals surface area (Å²) in [7, 11) is 0. The van der Waals surface area contributed by atoms with Gasteiger partial charge in [0.05, 0.1) is 16.1 Å². The number of fused-ring (bicyclic) bond motifs is 1. The van der Waals surface area contributed by atoms with Gasteiger partial charge in [0.15, 0.2) is 11.6 Å². The first-order valence-corrected chi connectivity index (χ1v) is 6.15. The van der Waals surface area contributed by atoms with Crippen LogP contribution in [-0.4, -0.2) is 4.98 Å². The smallest absolute Gasteiger partial charge is 0.185 e. The molecule has 0 unspecified atom stereocenters. The molecule has 1 nitrogen and oxygen atoms in total. The molecule has 0 saturated carbocycles. The number of nitrogens with zero attached hydrogens (tertiary/aromatic N) is 1. The normalized spacial score (nSPS) is 11.0. The Balaban J connectivity index is 2.37. The molecule has 0 aliphatic heterocycles. The molecule has 0 aliphatic carbocycles. The van der Waals surface area contributed by atoms with Crippen molar-refractivity contribution in [2.45, 2.75) is 0 Å². The van der Waals surface area contributed by atoms with Gasteiger partial charge in [0.2, 0.25) is 0 Å². The Kier molecular flexibility index (Phi) is 3.10. The second kappa shape index (κ2) is 4.80. The molecular formula is C15H7ClF3N. The molecule has 3 aromatic rings. The highest BCUT2D eigenvalue weighted by atomic mass is 35.5. The number of halogens is 4. The zero-order valence-corrected chi connectivity index (χ0v) is 10.8. The fourth-order valence-electron chi connectivity index (χ4n) is 2.02. The molecule has 2 aromatic carbocycles. The second-order valence-corrected chi connectivity index (χ2v) is 4.64. The highest BCUT2D eigenvalue weighted by molar-refractivity contribution is 6.35. The summed E-state index contributed by atoms with van der Waals surface area (Å²) in [6.45, 7) is 0. The van der Waals surface area contributed by atoms with Gasteiger partial charge in [-0.25, -0.2) is 18.2 Å². The van der Waals surface area contributed by atoms with Gasteiger partial charge in [0.1, 0.15) is 11.3 Å². The van der Waals surface area contributed by atoms with Gasteiger partial charge >= 0.3 is 0 Å². The van der Waals surface area contributed by atoms with E-state index < -0.39 is 23.0 Å². The minimum absolute atomic E-state index is 0.00902. The minimum Gasteiger partial charge on any atom is -0.244 e. The zero-order valence-electron chi connectivity index (χ0n) is 10.0. The lowest BCUT2D eigenvalue weighted by Crippen LogP contribution is -1.96. The fraction of sp³-hybridized carbons (Fsp3) is 0. The van der Waals surface area contributed by atoms with Crippen molar-refractivity contribution in [2.24, 2.45) is 0 Å². The van der Waals surface area contributed by atoms with Gasteiger partial charge in [-0.1, -0.05) is 41.9 Å². The molecule has 20 heavy (non-hydrogen) atoms. The number of aromatic nitrogens is 1. The first kappa shape index (κ1) is 12.9. The molecule has 0 fully saturated rings. The van der Waals surface area contributed by atoms with Crippen molar-refractivity contribution < 1.29 is 13.2 Å². The predicted molar refractivity (Wildman–Crippen MR) is 72.1 cm³/mol. The third-order valence-corrected chi connectivity index (χ3v) is 3.25. The van der Waals surface area contributed by atoms with E-state index in [0.717, 1.165) is 0 Å². The summed E-state index contributed by atoms with van der Waals surface area (Å²) in [5, 5.41) is -0.226. The summed E-state index contributed by atoms with van der Waals surface area (Å²) in [6, 6.07) is 10.8. The fourth-order valence-corrected chi connectivity index (χ4v) is 2.30. The molecule has 5 heteroatoms. The highest BCUT2D eigenvalue weighted by Crippen LogP contribution is 2.32. The van der Waals surface area contributed by atoms with Crippen molar-refractivity contribution >= 4 is 22.5 Å². The molecule has 0 atom stereocenters. The van der Waals surface area contributed by atoms with Crippen LogP contribution in [0.15, 0.2) is 42.5 Å². The van der Waals surface area contributed by atoms with Gasteiger partial charge in [0.25, 0.3) is 0 Å². The van der Waals surface area contributed by atoms with E-state index in [0.29, 0.717) is 17.3 Å². The molecule has 100 valence electrons. The van der Waals surface area contributed by atoms with Crippen molar-refractivity contribution in [2.75, 3.05) is 0 Å². The van der Waals surface area contributed by atoms with Crippen LogP contribution in [0, 0.1) is 17.5 Å². The van der Waals surface area contributed by atoms with Crippen molar-refractivity contribution in [1.82, 2.24) is 4.98 Å². The van der Waals surface area contributed by atoms with Crippen molar-refractivity contribution in [1.29, 1.82) is 0 Å². The Morgan fingerprint density at radius 3 is 2.30 bits per heavy atom. The molecule has 0 amide bonds. The largest absolute Gasteiger partial charge is 0.244 e. The third-order valence-electron chi connectivity index (χ3n) is 2.95. The Bertz CT molecular complexity index is 803. The van der Waals surface area contributed by atoms with E-state index in [1.165, 1.54) is 6.07 Å². The van der Waals surface area contributed by atoms with Crippen molar-refractivity contribution in [3.8, 4) is 11.3 Å². The first-order chi connectivity index (χ1) is 9.58. The van der Waals surface area contributed by atoms with Crippen LogP contribution in [0.25, 0.3) is 22.2 Å². The maximum Gasteiger partial charge on any atom is 0.185 e. The summed E-state index contributed by atoms with van der Waals surface area (Å²) < 4.78 is 40.8. The molecule has 0 bridgehead atoms. The summed E-state index contributed by atoms with van der Waals surface area (Å²) in [6.07, 6.45) is 0. The van der Waals surface area contributed by atoms with Gasteiger partial charge in [-0.2, -0.15) is 0 Å². The SMILES string of the molecule is Fc1cc(F)c2c(Cl)cc(-c3ccccc3)nc2c1F. The van der Waals surface area contributed by atoms with Crippen LogP contribution < -0.4 is 0 Å². The number of benzene rings is 2. The zero-order chi connectivity index (χ0) is 14.3. The Morgan fingerprint density at radius 2 is 1.60 bits per heavy atom. The van der Waals surface area contributed by atoms with Gasteiger partial charge in [-0.3, -0.25) is 0 Å². The molecule has 0 spiro atoms. The summed E-state index contributed by atoms with van der Waals surface area (Å²) in [5.74, 6) is -3.43. The quantitative estimate of drug-likeness (QED) is 0.577. The summed E-state index contributed by atoms with van der Waals surface area (Å²) >= 11 is 5.97. The van der Waals surface area contributed by atoms with Crippen LogP contribution in [-0.2, 0) is 0 Å². The van der Waals surface area contributed by atoms with E-state index in [2.05, 4.69) is 4.98 Å². The third kappa shape index (κ3) is 2.02. The average molecular weight is 294 g/mol. The average Bonchev–Trinajstić information content (AvgIpc) is 2.45. The van der Waals surface area contributed by atoms with Crippen molar-refractivity contribution in [3.05, 3.63) is 64.9 Å². The predicted octanol–water partition coefficient (Wildman–Crippen LogP) is 4.97. The van der Waals surface area contributed by atoms with Crippen LogP contribution in [0.4, 0.5) is 13.2 Å². The van der Waals surface area contributed by atoms with Crippen molar-refractivity contribution in [3.63, 3.8) is 0 Å². The van der Waals surface area contributed by atoms with Crippen LogP contribution >= 0.6 is 11.6 Å². The molecule has 0 aliphatic rings. The van der Waals surface area contributed by atoms with Crippen LogP contribution in [0.5, 0.6) is 0 Å². The van der Waals surface area contributed by atoms with E-state index in [1.807, 2.05) is 6.07 Å². The molecule has 3 rings (SSSR count). The van der Waals surface area contributed by atoms with Crippen LogP contribution in [0.3, 0.4) is 0 Å².